The molecule has 1 aromatic carbocycles. The molecule has 0 saturated heterocycles. The van der Waals surface area contributed by atoms with Gasteiger partial charge in [0.05, 0.1) is 11.8 Å². The van der Waals surface area contributed by atoms with Gasteiger partial charge in [-0.3, -0.25) is 0 Å². The van der Waals surface area contributed by atoms with Gasteiger partial charge in [-0.25, -0.2) is 9.97 Å². The van der Waals surface area contributed by atoms with Crippen molar-refractivity contribution >= 4 is 39.9 Å². The van der Waals surface area contributed by atoms with Crippen molar-refractivity contribution in [2.45, 2.75) is 87.7 Å². The van der Waals surface area contributed by atoms with Gasteiger partial charge in [0.25, 0.3) is 0 Å². The van der Waals surface area contributed by atoms with Crippen molar-refractivity contribution in [3.05, 3.63) is 52.5 Å². The SMILES string of the molecule is CN(C)Cc1cccc(Sc2cc(N)nc(Nc3nc4c(s3)CC(C)(C)CC4)c2)c1.OC1CCCCC1. The van der Waals surface area contributed by atoms with E-state index in [1.54, 1.807) is 23.1 Å². The quantitative estimate of drug-likeness (QED) is 0.314. The minimum atomic E-state index is 0.0359. The van der Waals surface area contributed by atoms with Crippen molar-refractivity contribution in [3.8, 4) is 0 Å². The summed E-state index contributed by atoms with van der Waals surface area (Å²) in [6.45, 7) is 5.59. The van der Waals surface area contributed by atoms with E-state index in [-0.39, 0.29) is 6.10 Å². The molecule has 0 amide bonds. The lowest BCUT2D eigenvalue weighted by Crippen LogP contribution is -2.20. The highest BCUT2D eigenvalue weighted by Crippen LogP contribution is 2.39. The Balaban J connectivity index is 0.000000396. The third-order valence-corrected chi connectivity index (χ3v) is 8.69. The van der Waals surface area contributed by atoms with Gasteiger partial charge in [0, 0.05) is 21.2 Å². The van der Waals surface area contributed by atoms with Gasteiger partial charge < -0.3 is 21.1 Å². The second-order valence-electron chi connectivity index (χ2n) is 11.2. The van der Waals surface area contributed by atoms with E-state index >= 15 is 0 Å². The molecule has 0 radical (unpaired) electrons. The Labute approximate surface area is 230 Å². The van der Waals surface area contributed by atoms with E-state index in [4.69, 9.17) is 15.8 Å². The number of rotatable bonds is 6. The number of anilines is 3. The molecule has 0 bridgehead atoms. The first-order chi connectivity index (χ1) is 17.6. The summed E-state index contributed by atoms with van der Waals surface area (Å²) in [7, 11) is 4.16. The molecule has 2 aliphatic rings. The third kappa shape index (κ3) is 8.70. The Morgan fingerprint density at radius 3 is 2.59 bits per heavy atom. The number of nitrogens with two attached hydrogens (primary N) is 1. The lowest BCUT2D eigenvalue weighted by Gasteiger charge is -2.28. The predicted octanol–water partition coefficient (Wildman–Crippen LogP) is 6.90. The van der Waals surface area contributed by atoms with Crippen LogP contribution in [0, 0.1) is 5.41 Å². The van der Waals surface area contributed by atoms with Gasteiger partial charge in [-0.15, -0.1) is 11.3 Å². The van der Waals surface area contributed by atoms with Crippen molar-refractivity contribution in [3.63, 3.8) is 0 Å². The number of fused-ring (bicyclic) bond motifs is 1. The molecule has 1 saturated carbocycles. The molecule has 0 spiro atoms. The summed E-state index contributed by atoms with van der Waals surface area (Å²) in [5, 5.41) is 13.2. The molecule has 4 N–H and O–H groups in total. The van der Waals surface area contributed by atoms with Crippen LogP contribution in [0.3, 0.4) is 0 Å². The largest absolute Gasteiger partial charge is 0.393 e. The van der Waals surface area contributed by atoms with Crippen molar-refractivity contribution < 1.29 is 5.11 Å². The Morgan fingerprint density at radius 1 is 1.11 bits per heavy atom. The molecule has 0 atom stereocenters. The Kier molecular flexibility index (Phi) is 9.51. The topological polar surface area (TPSA) is 87.3 Å². The number of nitrogen functional groups attached to an aromatic ring is 1. The molecular formula is C29H41N5OS2. The second kappa shape index (κ2) is 12.6. The molecule has 37 heavy (non-hydrogen) atoms. The van der Waals surface area contributed by atoms with E-state index < -0.39 is 0 Å². The van der Waals surface area contributed by atoms with E-state index in [2.05, 4.69) is 67.4 Å². The van der Waals surface area contributed by atoms with E-state index in [0.29, 0.717) is 11.2 Å². The minimum absolute atomic E-state index is 0.0359. The summed E-state index contributed by atoms with van der Waals surface area (Å²) in [5.41, 5.74) is 8.99. The van der Waals surface area contributed by atoms with Crippen LogP contribution in [0.5, 0.6) is 0 Å². The van der Waals surface area contributed by atoms with Crippen LogP contribution in [0.1, 0.15) is 68.5 Å². The van der Waals surface area contributed by atoms with E-state index in [9.17, 15) is 0 Å². The van der Waals surface area contributed by atoms with Gasteiger partial charge in [-0.2, -0.15) is 0 Å². The number of aryl methyl sites for hydroxylation is 1. The smallest absolute Gasteiger partial charge is 0.188 e. The number of nitrogens with one attached hydrogen (secondary N) is 1. The number of aromatic nitrogens is 2. The van der Waals surface area contributed by atoms with Gasteiger partial charge >= 0.3 is 0 Å². The van der Waals surface area contributed by atoms with Crippen LogP contribution in [-0.4, -0.2) is 40.2 Å². The van der Waals surface area contributed by atoms with Crippen LogP contribution in [-0.2, 0) is 19.4 Å². The summed E-state index contributed by atoms with van der Waals surface area (Å²) in [5.74, 6) is 1.25. The van der Waals surface area contributed by atoms with Crippen molar-refractivity contribution in [1.82, 2.24) is 14.9 Å². The Bertz CT molecular complexity index is 1170. The predicted molar refractivity (Wildman–Crippen MR) is 157 cm³/mol. The standard InChI is InChI=1S/C23H29N5S2.C6H12O/c1-23(2)9-8-18-19(13-23)30-22(25-18)27-21-12-17(11-20(24)26-21)29-16-7-5-6-15(10-16)14-28(3)4;7-6-4-2-1-3-5-6/h5-7,10-12H,8-9,13-14H2,1-4H3,(H3,24,25,26,27);6-7H,1-5H2. The van der Waals surface area contributed by atoms with Crippen molar-refractivity contribution in [1.29, 1.82) is 0 Å². The maximum Gasteiger partial charge on any atom is 0.188 e. The zero-order valence-electron chi connectivity index (χ0n) is 22.6. The molecule has 2 aliphatic carbocycles. The number of nitrogens with zero attached hydrogens (tertiary/aromatic N) is 3. The van der Waals surface area contributed by atoms with E-state index in [1.165, 1.54) is 46.7 Å². The highest BCUT2D eigenvalue weighted by molar-refractivity contribution is 7.99. The maximum absolute atomic E-state index is 8.91. The molecule has 3 aromatic rings. The molecule has 5 rings (SSSR count). The van der Waals surface area contributed by atoms with Crippen LogP contribution in [0.25, 0.3) is 0 Å². The molecule has 200 valence electrons. The fourth-order valence-corrected chi connectivity index (χ4v) is 7.05. The van der Waals surface area contributed by atoms with Crippen molar-refractivity contribution in [2.24, 2.45) is 5.41 Å². The highest BCUT2D eigenvalue weighted by atomic mass is 32.2. The maximum atomic E-state index is 8.91. The van der Waals surface area contributed by atoms with Gasteiger partial charge in [0.15, 0.2) is 5.13 Å². The lowest BCUT2D eigenvalue weighted by molar-refractivity contribution is 0.130. The number of pyridine rings is 1. The van der Waals surface area contributed by atoms with Crippen LogP contribution in [0.15, 0.2) is 46.2 Å². The summed E-state index contributed by atoms with van der Waals surface area (Å²) in [6, 6.07) is 12.6. The summed E-state index contributed by atoms with van der Waals surface area (Å²) >= 11 is 3.44. The normalized spacial score (nSPS) is 17.1. The molecule has 1 fully saturated rings. The molecule has 2 heterocycles. The molecule has 8 heteroatoms. The number of hydrogen-bond acceptors (Lipinski definition) is 8. The first kappa shape index (κ1) is 27.9. The highest BCUT2D eigenvalue weighted by Gasteiger charge is 2.28. The number of hydrogen-bond donors (Lipinski definition) is 3. The fraction of sp³-hybridized carbons (Fsp3) is 0.517. The van der Waals surface area contributed by atoms with Crippen LogP contribution in [0.4, 0.5) is 16.8 Å². The average molecular weight is 540 g/mol. The number of benzene rings is 1. The average Bonchev–Trinajstić information content (AvgIpc) is 3.19. The Morgan fingerprint density at radius 2 is 1.89 bits per heavy atom. The third-order valence-electron chi connectivity index (χ3n) is 6.72. The first-order valence-electron chi connectivity index (χ1n) is 13.3. The molecule has 2 aromatic heterocycles. The van der Waals surface area contributed by atoms with Crippen LogP contribution >= 0.6 is 23.1 Å². The van der Waals surface area contributed by atoms with Crippen molar-refractivity contribution in [2.75, 3.05) is 25.1 Å². The lowest BCUT2D eigenvalue weighted by atomic mass is 9.79. The molecular weight excluding hydrogens is 498 g/mol. The molecule has 0 unspecified atom stereocenters. The summed E-state index contributed by atoms with van der Waals surface area (Å²) in [6.07, 6.45) is 9.26. The molecule has 0 aliphatic heterocycles. The second-order valence-corrected chi connectivity index (χ2v) is 13.5. The Hall–Kier alpha value is -2.13. The van der Waals surface area contributed by atoms with Gasteiger partial charge in [-0.1, -0.05) is 57.0 Å². The van der Waals surface area contributed by atoms with Gasteiger partial charge in [0.1, 0.15) is 11.6 Å². The summed E-state index contributed by atoms with van der Waals surface area (Å²) in [4.78, 5) is 15.1. The molecule has 6 nitrogen and oxygen atoms in total. The van der Waals surface area contributed by atoms with Gasteiger partial charge in [0.2, 0.25) is 0 Å². The first-order valence-corrected chi connectivity index (χ1v) is 14.9. The van der Waals surface area contributed by atoms with Crippen LogP contribution < -0.4 is 11.1 Å². The zero-order chi connectivity index (χ0) is 26.4. The van der Waals surface area contributed by atoms with E-state index in [1.807, 2.05) is 12.1 Å². The summed E-state index contributed by atoms with van der Waals surface area (Å²) < 4.78 is 0. The minimum Gasteiger partial charge on any atom is -0.393 e. The zero-order valence-corrected chi connectivity index (χ0v) is 24.2. The monoisotopic (exact) mass is 539 g/mol. The number of aliphatic hydroxyl groups excluding tert-OH is 1. The fourth-order valence-electron chi connectivity index (χ4n) is 4.80. The number of aliphatic hydroxyl groups is 1. The van der Waals surface area contributed by atoms with Gasteiger partial charge in [-0.05, 0) is 81.4 Å². The number of thiazole rings is 1. The van der Waals surface area contributed by atoms with E-state index in [0.717, 1.165) is 48.1 Å². The van der Waals surface area contributed by atoms with Crippen LogP contribution in [0.2, 0.25) is 0 Å².